The standard InChI is InChI=1S/C22H26N2O6S/c1-15-5-9-18(10-6-15)24-31(27,28)20-12-17(8-7-16(20)2)22(26)30-14-21(25)23-13-19-4-3-11-29-19/h5-10,12,19,24H,3-4,11,13-14H2,1-2H3,(H,23,25)/t19-/m0/s1. The molecule has 0 bridgehead atoms. The van der Waals surface area contributed by atoms with Crippen LogP contribution in [-0.2, 0) is 24.3 Å². The van der Waals surface area contributed by atoms with Crippen LogP contribution >= 0.6 is 0 Å². The average molecular weight is 447 g/mol. The summed E-state index contributed by atoms with van der Waals surface area (Å²) in [6, 6.07) is 11.2. The van der Waals surface area contributed by atoms with Crippen molar-refractivity contribution in [2.75, 3.05) is 24.5 Å². The summed E-state index contributed by atoms with van der Waals surface area (Å²) < 4.78 is 38.6. The highest BCUT2D eigenvalue weighted by Crippen LogP contribution is 2.21. The van der Waals surface area contributed by atoms with Crippen LogP contribution in [-0.4, -0.2) is 46.2 Å². The van der Waals surface area contributed by atoms with Gasteiger partial charge >= 0.3 is 5.97 Å². The molecule has 9 heteroatoms. The van der Waals surface area contributed by atoms with Gasteiger partial charge in [-0.2, -0.15) is 0 Å². The Bertz CT molecular complexity index is 1040. The Balaban J connectivity index is 1.63. The third kappa shape index (κ3) is 6.28. The monoisotopic (exact) mass is 446 g/mol. The Hall–Kier alpha value is -2.91. The summed E-state index contributed by atoms with van der Waals surface area (Å²) in [5.74, 6) is -1.22. The SMILES string of the molecule is Cc1ccc(NS(=O)(=O)c2cc(C(=O)OCC(=O)NC[C@@H]3CCCO3)ccc2C)cc1. The molecule has 2 N–H and O–H groups in total. The molecule has 2 aromatic rings. The van der Waals surface area contributed by atoms with Gasteiger partial charge in [0.1, 0.15) is 0 Å². The van der Waals surface area contributed by atoms with E-state index in [-0.39, 0.29) is 16.6 Å². The second-order valence-corrected chi connectivity index (χ2v) is 9.12. The Kier molecular flexibility index (Phi) is 7.29. The van der Waals surface area contributed by atoms with Crippen molar-refractivity contribution in [1.29, 1.82) is 0 Å². The van der Waals surface area contributed by atoms with Gasteiger partial charge in [0.15, 0.2) is 6.61 Å². The zero-order valence-electron chi connectivity index (χ0n) is 17.5. The molecule has 0 unspecified atom stereocenters. The zero-order chi connectivity index (χ0) is 22.4. The molecule has 1 aliphatic rings. The average Bonchev–Trinajstić information content (AvgIpc) is 3.26. The van der Waals surface area contributed by atoms with Crippen molar-refractivity contribution in [2.45, 2.75) is 37.7 Å². The van der Waals surface area contributed by atoms with Gasteiger partial charge < -0.3 is 14.8 Å². The minimum Gasteiger partial charge on any atom is -0.452 e. The van der Waals surface area contributed by atoms with Gasteiger partial charge in [0.2, 0.25) is 0 Å². The van der Waals surface area contributed by atoms with Gasteiger partial charge in [-0.3, -0.25) is 9.52 Å². The minimum atomic E-state index is -3.91. The number of nitrogens with one attached hydrogen (secondary N) is 2. The van der Waals surface area contributed by atoms with Crippen LogP contribution in [0.2, 0.25) is 0 Å². The molecule has 0 spiro atoms. The van der Waals surface area contributed by atoms with Crippen LogP contribution in [0.1, 0.15) is 34.3 Å². The number of rotatable bonds is 8. The van der Waals surface area contributed by atoms with E-state index in [2.05, 4.69) is 10.0 Å². The summed E-state index contributed by atoms with van der Waals surface area (Å²) in [6.45, 7) is 4.14. The highest BCUT2D eigenvalue weighted by Gasteiger charge is 2.21. The van der Waals surface area contributed by atoms with Crippen molar-refractivity contribution in [3.05, 3.63) is 59.2 Å². The van der Waals surface area contributed by atoms with Crippen molar-refractivity contribution in [2.24, 2.45) is 0 Å². The molecule has 1 heterocycles. The summed E-state index contributed by atoms with van der Waals surface area (Å²) >= 11 is 0. The Morgan fingerprint density at radius 2 is 1.87 bits per heavy atom. The molecule has 0 aromatic heterocycles. The zero-order valence-corrected chi connectivity index (χ0v) is 18.3. The first-order valence-electron chi connectivity index (χ1n) is 10.0. The van der Waals surface area contributed by atoms with Gasteiger partial charge in [-0.15, -0.1) is 0 Å². The van der Waals surface area contributed by atoms with Crippen LogP contribution in [0.3, 0.4) is 0 Å². The first-order valence-corrected chi connectivity index (χ1v) is 11.5. The maximum atomic E-state index is 12.8. The highest BCUT2D eigenvalue weighted by molar-refractivity contribution is 7.92. The number of aryl methyl sites for hydroxylation is 2. The van der Waals surface area contributed by atoms with Crippen molar-refractivity contribution >= 4 is 27.6 Å². The minimum absolute atomic E-state index is 0.00876. The molecule has 1 atom stereocenters. The van der Waals surface area contributed by atoms with Gasteiger partial charge in [-0.05, 0) is 56.5 Å². The molecule has 2 aromatic carbocycles. The molecular weight excluding hydrogens is 420 g/mol. The highest BCUT2D eigenvalue weighted by atomic mass is 32.2. The maximum absolute atomic E-state index is 12.8. The number of hydrogen-bond acceptors (Lipinski definition) is 6. The van der Waals surface area contributed by atoms with E-state index in [0.717, 1.165) is 18.4 Å². The molecule has 31 heavy (non-hydrogen) atoms. The van der Waals surface area contributed by atoms with E-state index in [4.69, 9.17) is 9.47 Å². The van der Waals surface area contributed by atoms with Crippen LogP contribution in [0.25, 0.3) is 0 Å². The van der Waals surface area contributed by atoms with Crippen LogP contribution in [0.15, 0.2) is 47.4 Å². The molecule has 3 rings (SSSR count). The fourth-order valence-electron chi connectivity index (χ4n) is 3.15. The Morgan fingerprint density at radius 1 is 1.13 bits per heavy atom. The lowest BCUT2D eigenvalue weighted by Crippen LogP contribution is -2.34. The van der Waals surface area contributed by atoms with Crippen LogP contribution < -0.4 is 10.0 Å². The molecular formula is C22H26N2O6S. The number of anilines is 1. The van der Waals surface area contributed by atoms with Crippen molar-refractivity contribution in [3.63, 3.8) is 0 Å². The third-order valence-corrected chi connectivity index (χ3v) is 6.43. The summed E-state index contributed by atoms with van der Waals surface area (Å²) in [4.78, 5) is 24.2. The summed E-state index contributed by atoms with van der Waals surface area (Å²) in [6.07, 6.45) is 1.84. The number of esters is 1. The fourth-order valence-corrected chi connectivity index (χ4v) is 4.48. The van der Waals surface area contributed by atoms with E-state index >= 15 is 0 Å². The van der Waals surface area contributed by atoms with Gasteiger partial charge in [-0.25, -0.2) is 13.2 Å². The summed E-state index contributed by atoms with van der Waals surface area (Å²) in [7, 11) is -3.91. The first-order chi connectivity index (χ1) is 14.7. The van der Waals surface area contributed by atoms with Gasteiger partial charge in [0.05, 0.1) is 16.6 Å². The predicted molar refractivity (Wildman–Crippen MR) is 115 cm³/mol. The molecule has 1 aliphatic heterocycles. The largest absolute Gasteiger partial charge is 0.452 e. The molecule has 8 nitrogen and oxygen atoms in total. The van der Waals surface area contributed by atoms with Crippen molar-refractivity contribution in [1.82, 2.24) is 5.32 Å². The number of sulfonamides is 1. The van der Waals surface area contributed by atoms with E-state index in [1.165, 1.54) is 18.2 Å². The number of benzene rings is 2. The Labute approximate surface area is 182 Å². The smallest absolute Gasteiger partial charge is 0.338 e. The lowest BCUT2D eigenvalue weighted by molar-refractivity contribution is -0.124. The summed E-state index contributed by atoms with van der Waals surface area (Å²) in [5.41, 5.74) is 1.94. The van der Waals surface area contributed by atoms with E-state index in [1.54, 1.807) is 31.2 Å². The fraction of sp³-hybridized carbons (Fsp3) is 0.364. The van der Waals surface area contributed by atoms with E-state index < -0.39 is 28.5 Å². The first kappa shape index (κ1) is 22.8. The van der Waals surface area contributed by atoms with Crippen LogP contribution in [0.5, 0.6) is 0 Å². The van der Waals surface area contributed by atoms with Crippen LogP contribution in [0.4, 0.5) is 5.69 Å². The summed E-state index contributed by atoms with van der Waals surface area (Å²) in [5, 5.41) is 2.66. The molecule has 1 amide bonds. The number of ether oxygens (including phenoxy) is 2. The van der Waals surface area contributed by atoms with E-state index in [1.807, 2.05) is 6.92 Å². The van der Waals surface area contributed by atoms with Crippen molar-refractivity contribution < 1.29 is 27.5 Å². The number of carbonyl (C=O) groups is 2. The number of hydrogen-bond donors (Lipinski definition) is 2. The second-order valence-electron chi connectivity index (χ2n) is 7.47. The van der Waals surface area contributed by atoms with Crippen molar-refractivity contribution in [3.8, 4) is 0 Å². The topological polar surface area (TPSA) is 111 Å². The molecule has 166 valence electrons. The normalized spacial score (nSPS) is 16.0. The lowest BCUT2D eigenvalue weighted by Gasteiger charge is -2.13. The van der Waals surface area contributed by atoms with Gasteiger partial charge in [-0.1, -0.05) is 23.8 Å². The number of carbonyl (C=O) groups excluding carboxylic acids is 2. The lowest BCUT2D eigenvalue weighted by atomic mass is 10.1. The van der Waals surface area contributed by atoms with Crippen LogP contribution in [0, 0.1) is 13.8 Å². The molecule has 1 fully saturated rings. The van der Waals surface area contributed by atoms with E-state index in [9.17, 15) is 18.0 Å². The van der Waals surface area contributed by atoms with Gasteiger partial charge in [0.25, 0.3) is 15.9 Å². The molecule has 1 saturated heterocycles. The maximum Gasteiger partial charge on any atom is 0.338 e. The predicted octanol–water partition coefficient (Wildman–Crippen LogP) is 2.56. The number of amides is 1. The molecule has 0 saturated carbocycles. The molecule has 0 radical (unpaired) electrons. The third-order valence-electron chi connectivity index (χ3n) is 4.90. The quantitative estimate of drug-likeness (QED) is 0.603. The van der Waals surface area contributed by atoms with Gasteiger partial charge in [0, 0.05) is 18.8 Å². The molecule has 0 aliphatic carbocycles. The Morgan fingerprint density at radius 3 is 2.55 bits per heavy atom. The van der Waals surface area contributed by atoms with E-state index in [0.29, 0.717) is 24.4 Å². The second kappa shape index (κ2) is 9.93.